The molecule has 0 bridgehead atoms. The van der Waals surface area contributed by atoms with Crippen molar-refractivity contribution in [2.45, 2.75) is 46.1 Å². The molecule has 0 saturated carbocycles. The minimum absolute atomic E-state index is 0.543. The average Bonchev–Trinajstić information content (AvgIpc) is 2.64. The van der Waals surface area contributed by atoms with Crippen molar-refractivity contribution in [3.63, 3.8) is 0 Å². The summed E-state index contributed by atoms with van der Waals surface area (Å²) in [7, 11) is 0. The van der Waals surface area contributed by atoms with Crippen LogP contribution in [0.3, 0.4) is 0 Å². The van der Waals surface area contributed by atoms with Crippen molar-refractivity contribution in [2.24, 2.45) is 11.8 Å². The van der Waals surface area contributed by atoms with Crippen LogP contribution in [-0.4, -0.2) is 25.8 Å². The fraction of sp³-hybridized carbons (Fsp3) is 1.00. The summed E-state index contributed by atoms with van der Waals surface area (Å²) in [4.78, 5) is 0. The van der Waals surface area contributed by atoms with Gasteiger partial charge in [0.1, 0.15) is 0 Å². The standard InChI is InChI=1S/C12H25NO/c1-4-13-9-11(10(2)3)8-12-6-5-7-14-12/h10-13H,4-9H2,1-3H3. The van der Waals surface area contributed by atoms with Gasteiger partial charge >= 0.3 is 0 Å². The predicted octanol–water partition coefficient (Wildman–Crippen LogP) is 2.44. The molecule has 1 fully saturated rings. The van der Waals surface area contributed by atoms with E-state index in [-0.39, 0.29) is 0 Å². The molecule has 0 amide bonds. The summed E-state index contributed by atoms with van der Waals surface area (Å²) in [5.74, 6) is 1.54. The molecule has 2 unspecified atom stereocenters. The number of hydrogen-bond donors (Lipinski definition) is 1. The lowest BCUT2D eigenvalue weighted by molar-refractivity contribution is 0.0818. The molecule has 1 heterocycles. The van der Waals surface area contributed by atoms with Crippen molar-refractivity contribution >= 4 is 0 Å². The second-order valence-corrected chi connectivity index (χ2v) is 4.68. The first-order valence-corrected chi connectivity index (χ1v) is 6.06. The van der Waals surface area contributed by atoms with Gasteiger partial charge in [-0.2, -0.15) is 0 Å². The lowest BCUT2D eigenvalue weighted by atomic mass is 9.89. The molecule has 84 valence electrons. The highest BCUT2D eigenvalue weighted by Gasteiger charge is 2.22. The number of ether oxygens (including phenoxy) is 1. The molecular weight excluding hydrogens is 174 g/mol. The van der Waals surface area contributed by atoms with Crippen LogP contribution in [0.5, 0.6) is 0 Å². The normalized spacial score (nSPS) is 24.4. The van der Waals surface area contributed by atoms with Gasteiger partial charge in [-0.1, -0.05) is 20.8 Å². The van der Waals surface area contributed by atoms with E-state index in [1.165, 1.54) is 19.3 Å². The van der Waals surface area contributed by atoms with Gasteiger partial charge in [0.2, 0.25) is 0 Å². The summed E-state index contributed by atoms with van der Waals surface area (Å²) >= 11 is 0. The first kappa shape index (κ1) is 12.0. The zero-order valence-electron chi connectivity index (χ0n) is 9.88. The van der Waals surface area contributed by atoms with Gasteiger partial charge in [-0.3, -0.25) is 0 Å². The van der Waals surface area contributed by atoms with Crippen LogP contribution in [0.4, 0.5) is 0 Å². The molecule has 1 saturated heterocycles. The lowest BCUT2D eigenvalue weighted by Crippen LogP contribution is -2.29. The largest absolute Gasteiger partial charge is 0.378 e. The van der Waals surface area contributed by atoms with Crippen molar-refractivity contribution in [1.29, 1.82) is 0 Å². The van der Waals surface area contributed by atoms with Crippen molar-refractivity contribution in [3.8, 4) is 0 Å². The summed E-state index contributed by atoms with van der Waals surface area (Å²) in [6.45, 7) is 10.0. The SMILES string of the molecule is CCNCC(CC1CCCO1)C(C)C. The highest BCUT2D eigenvalue weighted by Crippen LogP contribution is 2.23. The minimum atomic E-state index is 0.543. The van der Waals surface area contributed by atoms with Gasteiger partial charge in [0.05, 0.1) is 6.10 Å². The van der Waals surface area contributed by atoms with E-state index in [0.29, 0.717) is 6.10 Å². The van der Waals surface area contributed by atoms with Gasteiger partial charge in [0, 0.05) is 6.61 Å². The van der Waals surface area contributed by atoms with Crippen LogP contribution in [0.25, 0.3) is 0 Å². The number of rotatable bonds is 6. The lowest BCUT2D eigenvalue weighted by Gasteiger charge is -2.23. The highest BCUT2D eigenvalue weighted by molar-refractivity contribution is 4.74. The third-order valence-electron chi connectivity index (χ3n) is 3.19. The molecule has 14 heavy (non-hydrogen) atoms. The third kappa shape index (κ3) is 3.97. The maximum Gasteiger partial charge on any atom is 0.0579 e. The molecule has 0 spiro atoms. The quantitative estimate of drug-likeness (QED) is 0.709. The molecule has 1 rings (SSSR count). The molecule has 2 nitrogen and oxygen atoms in total. The van der Waals surface area contributed by atoms with Crippen molar-refractivity contribution in [1.82, 2.24) is 5.32 Å². The van der Waals surface area contributed by atoms with Gasteiger partial charge in [-0.15, -0.1) is 0 Å². The Hall–Kier alpha value is -0.0800. The predicted molar refractivity (Wildman–Crippen MR) is 60.5 cm³/mol. The first-order valence-electron chi connectivity index (χ1n) is 6.06. The van der Waals surface area contributed by atoms with E-state index in [2.05, 4.69) is 26.1 Å². The van der Waals surface area contributed by atoms with E-state index in [1.807, 2.05) is 0 Å². The smallest absolute Gasteiger partial charge is 0.0579 e. The second-order valence-electron chi connectivity index (χ2n) is 4.68. The Morgan fingerprint density at radius 1 is 1.43 bits per heavy atom. The summed E-state index contributed by atoms with van der Waals surface area (Å²) in [5.41, 5.74) is 0. The van der Waals surface area contributed by atoms with Gasteiger partial charge in [0.25, 0.3) is 0 Å². The molecule has 0 aromatic rings. The van der Waals surface area contributed by atoms with Crippen LogP contribution in [0.1, 0.15) is 40.0 Å². The molecule has 1 N–H and O–H groups in total. The van der Waals surface area contributed by atoms with E-state index >= 15 is 0 Å². The molecule has 1 aliphatic heterocycles. The fourth-order valence-electron chi connectivity index (χ4n) is 2.09. The molecule has 0 aromatic carbocycles. The van der Waals surface area contributed by atoms with E-state index in [1.54, 1.807) is 0 Å². The first-order chi connectivity index (χ1) is 6.74. The van der Waals surface area contributed by atoms with E-state index in [0.717, 1.165) is 31.5 Å². The molecule has 1 aliphatic rings. The van der Waals surface area contributed by atoms with Crippen LogP contribution in [0, 0.1) is 11.8 Å². The van der Waals surface area contributed by atoms with Crippen LogP contribution < -0.4 is 5.32 Å². The van der Waals surface area contributed by atoms with Crippen molar-refractivity contribution in [2.75, 3.05) is 19.7 Å². The number of hydrogen-bond acceptors (Lipinski definition) is 2. The summed E-state index contributed by atoms with van der Waals surface area (Å²) in [5, 5.41) is 3.45. The molecule has 0 aromatic heterocycles. The Kier molecular flexibility index (Phi) is 5.49. The Labute approximate surface area is 88.4 Å². The summed E-state index contributed by atoms with van der Waals surface area (Å²) < 4.78 is 5.69. The Morgan fingerprint density at radius 2 is 2.21 bits per heavy atom. The summed E-state index contributed by atoms with van der Waals surface area (Å²) in [6, 6.07) is 0. The van der Waals surface area contributed by atoms with Crippen molar-refractivity contribution in [3.05, 3.63) is 0 Å². The van der Waals surface area contributed by atoms with Crippen LogP contribution >= 0.6 is 0 Å². The molecule has 0 radical (unpaired) electrons. The minimum Gasteiger partial charge on any atom is -0.378 e. The maximum atomic E-state index is 5.69. The van der Waals surface area contributed by atoms with Gasteiger partial charge in [-0.25, -0.2) is 0 Å². The molecular formula is C12H25NO. The summed E-state index contributed by atoms with van der Waals surface area (Å²) in [6.07, 6.45) is 4.32. The topological polar surface area (TPSA) is 21.3 Å². The second kappa shape index (κ2) is 6.41. The Balaban J connectivity index is 2.26. The molecule has 2 heteroatoms. The Morgan fingerprint density at radius 3 is 2.71 bits per heavy atom. The molecule has 2 atom stereocenters. The van der Waals surface area contributed by atoms with Crippen molar-refractivity contribution < 1.29 is 4.74 Å². The van der Waals surface area contributed by atoms with Gasteiger partial charge < -0.3 is 10.1 Å². The average molecular weight is 199 g/mol. The molecule has 0 aliphatic carbocycles. The van der Waals surface area contributed by atoms with Gasteiger partial charge in [0.15, 0.2) is 0 Å². The third-order valence-corrected chi connectivity index (χ3v) is 3.19. The van der Waals surface area contributed by atoms with E-state index in [4.69, 9.17) is 4.74 Å². The van der Waals surface area contributed by atoms with Crippen LogP contribution in [0.15, 0.2) is 0 Å². The van der Waals surface area contributed by atoms with Gasteiger partial charge in [-0.05, 0) is 44.2 Å². The monoisotopic (exact) mass is 199 g/mol. The van der Waals surface area contributed by atoms with Crippen LogP contribution in [0.2, 0.25) is 0 Å². The maximum absolute atomic E-state index is 5.69. The zero-order chi connectivity index (χ0) is 10.4. The van der Waals surface area contributed by atoms with E-state index < -0.39 is 0 Å². The van der Waals surface area contributed by atoms with E-state index in [9.17, 15) is 0 Å². The Bertz CT molecular complexity index is 141. The fourth-order valence-corrected chi connectivity index (χ4v) is 2.09. The highest BCUT2D eigenvalue weighted by atomic mass is 16.5. The van der Waals surface area contributed by atoms with Crippen LogP contribution in [-0.2, 0) is 4.74 Å². The number of nitrogens with one attached hydrogen (secondary N) is 1. The zero-order valence-corrected chi connectivity index (χ0v) is 9.88.